The van der Waals surface area contributed by atoms with Crippen molar-refractivity contribution in [1.29, 1.82) is 0 Å². The lowest BCUT2D eigenvalue weighted by Crippen LogP contribution is -2.21. The van der Waals surface area contributed by atoms with E-state index in [1.54, 1.807) is 18.7 Å². The molecule has 44 heavy (non-hydrogen) atoms. The molecule has 12 nitrogen and oxygen atoms in total. The molecule has 0 saturated carbocycles. The fourth-order valence-corrected chi connectivity index (χ4v) is 5.06. The predicted molar refractivity (Wildman–Crippen MR) is 173 cm³/mol. The minimum atomic E-state index is -0.181. The van der Waals surface area contributed by atoms with Gasteiger partial charge in [0, 0.05) is 36.3 Å². The first-order valence-electron chi connectivity index (χ1n) is 13.9. The Morgan fingerprint density at radius 3 is 1.34 bits per heavy atom. The number of fused-ring (bicyclic) bond motifs is 1. The molecule has 0 aliphatic carbocycles. The Morgan fingerprint density at radius 2 is 0.955 bits per heavy atom. The molecule has 0 saturated heterocycles. The highest BCUT2D eigenvalue weighted by molar-refractivity contribution is 5.98. The fourth-order valence-electron chi connectivity index (χ4n) is 5.06. The van der Waals surface area contributed by atoms with Crippen LogP contribution in [0.5, 0.6) is 0 Å². The molecule has 6 aromatic rings. The Bertz CT molecular complexity index is 2000. The number of rotatable bonds is 8. The van der Waals surface area contributed by atoms with Gasteiger partial charge in [-0.05, 0) is 38.1 Å². The minimum absolute atomic E-state index is 0.181. The number of hydrazone groups is 2. The first-order valence-corrected chi connectivity index (χ1v) is 13.9. The molecule has 3 heterocycles. The largest absolute Gasteiger partial charge is 0.285 e. The number of para-hydroxylation sites is 2. The van der Waals surface area contributed by atoms with Gasteiger partial charge in [0.1, 0.15) is 0 Å². The molecule has 0 aliphatic rings. The molecule has 0 aliphatic heterocycles. The third-order valence-electron chi connectivity index (χ3n) is 7.61. The van der Waals surface area contributed by atoms with E-state index in [9.17, 15) is 9.59 Å². The topological polar surface area (TPSA) is 128 Å². The van der Waals surface area contributed by atoms with Crippen LogP contribution in [0.2, 0.25) is 0 Å². The molecule has 12 heteroatoms. The second-order valence-electron chi connectivity index (χ2n) is 10.1. The van der Waals surface area contributed by atoms with Crippen LogP contribution >= 0.6 is 0 Å². The maximum absolute atomic E-state index is 13.2. The van der Waals surface area contributed by atoms with Crippen LogP contribution in [0.25, 0.3) is 22.1 Å². The number of nitrogens with one attached hydrogen (secondary N) is 2. The summed E-state index contributed by atoms with van der Waals surface area (Å²) in [5.74, 6) is 0.820. The molecular formula is C32H30N10O2. The van der Waals surface area contributed by atoms with Crippen molar-refractivity contribution in [1.82, 2.24) is 28.9 Å². The molecule has 0 radical (unpaired) electrons. The van der Waals surface area contributed by atoms with Crippen molar-refractivity contribution in [2.75, 3.05) is 10.9 Å². The smallest absolute Gasteiger partial charge is 0.280 e. The van der Waals surface area contributed by atoms with Gasteiger partial charge in [-0.3, -0.25) is 29.8 Å². The van der Waals surface area contributed by atoms with Crippen LogP contribution in [0, 0.1) is 13.8 Å². The molecule has 3 aromatic heterocycles. The average Bonchev–Trinajstić information content (AvgIpc) is 3.40. The van der Waals surface area contributed by atoms with E-state index in [4.69, 9.17) is 0 Å². The summed E-state index contributed by atoms with van der Waals surface area (Å²) in [7, 11) is 3.67. The second-order valence-corrected chi connectivity index (χ2v) is 10.1. The Balaban J connectivity index is 1.25. The van der Waals surface area contributed by atoms with Gasteiger partial charge in [0.05, 0.1) is 34.9 Å². The molecule has 2 N–H and O–H groups in total. The summed E-state index contributed by atoms with van der Waals surface area (Å²) in [5.41, 5.74) is 9.48. The van der Waals surface area contributed by atoms with Gasteiger partial charge in [0.2, 0.25) is 0 Å². The molecule has 0 amide bonds. The predicted octanol–water partition coefficient (Wildman–Crippen LogP) is 4.12. The van der Waals surface area contributed by atoms with Crippen LogP contribution in [0.3, 0.4) is 0 Å². The highest BCUT2D eigenvalue weighted by atomic mass is 16.1. The van der Waals surface area contributed by atoms with Crippen molar-refractivity contribution >= 4 is 34.8 Å². The van der Waals surface area contributed by atoms with Crippen LogP contribution in [0.1, 0.15) is 22.5 Å². The van der Waals surface area contributed by atoms with Crippen LogP contribution in [-0.4, -0.2) is 41.4 Å². The van der Waals surface area contributed by atoms with Crippen molar-refractivity contribution in [3.05, 3.63) is 128 Å². The number of hydrogen-bond donors (Lipinski definition) is 2. The number of nitrogens with zero attached hydrogens (tertiary/aromatic N) is 8. The summed E-state index contributed by atoms with van der Waals surface area (Å²) >= 11 is 0. The Hall–Kier alpha value is -6.04. The minimum Gasteiger partial charge on any atom is -0.285 e. The third kappa shape index (κ3) is 4.98. The zero-order valence-electron chi connectivity index (χ0n) is 24.6. The van der Waals surface area contributed by atoms with E-state index < -0.39 is 0 Å². The molecule has 3 aromatic carbocycles. The summed E-state index contributed by atoms with van der Waals surface area (Å²) in [6.45, 7) is 3.73. The Morgan fingerprint density at radius 1 is 0.591 bits per heavy atom. The highest BCUT2D eigenvalue weighted by Gasteiger charge is 2.16. The van der Waals surface area contributed by atoms with Gasteiger partial charge < -0.3 is 0 Å². The van der Waals surface area contributed by atoms with E-state index in [0.29, 0.717) is 22.8 Å². The van der Waals surface area contributed by atoms with Gasteiger partial charge in [-0.25, -0.2) is 9.36 Å². The van der Waals surface area contributed by atoms with Gasteiger partial charge in [0.25, 0.3) is 11.1 Å². The van der Waals surface area contributed by atoms with Crippen LogP contribution in [0.4, 0.5) is 11.6 Å². The lowest BCUT2D eigenvalue weighted by Gasteiger charge is -2.08. The summed E-state index contributed by atoms with van der Waals surface area (Å²) in [4.78, 5) is 26.4. The number of benzene rings is 3. The summed E-state index contributed by atoms with van der Waals surface area (Å²) in [6, 6.07) is 26.4. The zero-order chi connectivity index (χ0) is 30.8. The van der Waals surface area contributed by atoms with Crippen LogP contribution in [-0.2, 0) is 14.1 Å². The van der Waals surface area contributed by atoms with Gasteiger partial charge in [0.15, 0.2) is 11.6 Å². The van der Waals surface area contributed by atoms with Gasteiger partial charge >= 0.3 is 0 Å². The normalized spacial score (nSPS) is 11.6. The van der Waals surface area contributed by atoms with Crippen molar-refractivity contribution in [2.45, 2.75) is 13.8 Å². The maximum Gasteiger partial charge on any atom is 0.280 e. The van der Waals surface area contributed by atoms with Crippen LogP contribution < -0.4 is 22.0 Å². The first kappa shape index (κ1) is 28.1. The van der Waals surface area contributed by atoms with Crippen molar-refractivity contribution < 1.29 is 0 Å². The molecule has 0 spiro atoms. The van der Waals surface area contributed by atoms with Crippen LogP contribution in [0.15, 0.2) is 105 Å². The van der Waals surface area contributed by atoms with E-state index in [0.717, 1.165) is 33.5 Å². The summed E-state index contributed by atoms with van der Waals surface area (Å²) < 4.78 is 6.79. The average molecular weight is 587 g/mol. The Labute approximate surface area is 252 Å². The van der Waals surface area contributed by atoms with Gasteiger partial charge in [-0.1, -0.05) is 60.7 Å². The molecule has 6 rings (SSSR count). The number of anilines is 2. The Kier molecular flexibility index (Phi) is 7.46. The SMILES string of the molecule is Cc1c(/C=N/Nc2nnc(N/N=C/c3c(C)n(C)n(-c4ccccc4)c3=O)c3ccccc23)c(=O)n(-c2ccccc2)n1C. The lowest BCUT2D eigenvalue weighted by molar-refractivity contribution is 0.630. The zero-order valence-corrected chi connectivity index (χ0v) is 24.6. The third-order valence-corrected chi connectivity index (χ3v) is 7.61. The monoisotopic (exact) mass is 586 g/mol. The molecule has 0 fully saturated rings. The molecule has 0 unspecified atom stereocenters. The van der Waals surface area contributed by atoms with Crippen molar-refractivity contribution in [3.63, 3.8) is 0 Å². The lowest BCUT2D eigenvalue weighted by atomic mass is 10.2. The number of hydrogen-bond acceptors (Lipinski definition) is 8. The summed E-state index contributed by atoms with van der Waals surface area (Å²) in [6.07, 6.45) is 2.99. The molecule has 0 bridgehead atoms. The molecule has 0 atom stereocenters. The standard InChI is InChI=1S/C32H30N10O2/c1-21-27(31(43)41(39(21)3)23-13-7-5-8-14-23)19-33-35-29-25-17-11-12-18-26(25)30(38-37-29)36-34-20-28-22(2)40(4)42(32(28)44)24-15-9-6-10-16-24/h5-20H,1-4H3,(H,35,37)(H,36,38)/b33-19+,34-20+. The van der Waals surface area contributed by atoms with E-state index >= 15 is 0 Å². The molecule has 220 valence electrons. The van der Waals surface area contributed by atoms with E-state index in [1.807, 2.05) is 113 Å². The molecular weight excluding hydrogens is 556 g/mol. The quantitative estimate of drug-likeness (QED) is 0.204. The van der Waals surface area contributed by atoms with Crippen molar-refractivity contribution in [2.24, 2.45) is 24.3 Å². The van der Waals surface area contributed by atoms with Crippen molar-refractivity contribution in [3.8, 4) is 11.4 Å². The highest BCUT2D eigenvalue weighted by Crippen LogP contribution is 2.26. The van der Waals surface area contributed by atoms with Gasteiger partial charge in [-0.15, -0.1) is 10.2 Å². The maximum atomic E-state index is 13.2. The van der Waals surface area contributed by atoms with E-state index in [2.05, 4.69) is 31.3 Å². The second kappa shape index (κ2) is 11.7. The fraction of sp³-hybridized carbons (Fsp3) is 0.125. The first-order chi connectivity index (χ1) is 21.4. The van der Waals surface area contributed by atoms with Gasteiger partial charge in [-0.2, -0.15) is 10.2 Å². The number of aromatic nitrogens is 6. The summed E-state index contributed by atoms with van der Waals surface area (Å²) in [5, 5.41) is 18.7. The van der Waals surface area contributed by atoms with E-state index in [1.165, 1.54) is 12.4 Å². The van der Waals surface area contributed by atoms with E-state index in [-0.39, 0.29) is 11.1 Å².